The van der Waals surface area contributed by atoms with Gasteiger partial charge in [0.25, 0.3) is 0 Å². The Hall–Kier alpha value is -1.60. The zero-order valence-electron chi connectivity index (χ0n) is 13.8. The van der Waals surface area contributed by atoms with Crippen LogP contribution in [-0.4, -0.2) is 50.9 Å². The quantitative estimate of drug-likeness (QED) is 0.890. The lowest BCUT2D eigenvalue weighted by Crippen LogP contribution is -2.48. The van der Waals surface area contributed by atoms with E-state index in [0.717, 1.165) is 19.4 Å². The molecule has 1 amide bonds. The average Bonchev–Trinajstić information content (AvgIpc) is 3.32. The van der Waals surface area contributed by atoms with Gasteiger partial charge in [-0.15, -0.1) is 0 Å². The van der Waals surface area contributed by atoms with Crippen molar-refractivity contribution in [2.75, 3.05) is 25.0 Å². The van der Waals surface area contributed by atoms with Crippen LogP contribution in [0.2, 0.25) is 0 Å². The van der Waals surface area contributed by atoms with Crippen LogP contribution in [0.3, 0.4) is 0 Å². The van der Waals surface area contributed by atoms with Crippen LogP contribution in [-0.2, 0) is 14.8 Å². The van der Waals surface area contributed by atoms with Crippen LogP contribution in [0.4, 0.5) is 5.69 Å². The molecule has 0 unspecified atom stereocenters. The standard InChI is InChI=1S/C17H23N3O3S/c1-19-11-13-8-9-15(17(21)18-10-12-6-7-12)20(13)14-4-2-3-5-16(14)24(19,22)23/h2-5,12-13,15H,6-11H2,1H3,(H,18,21)/t13-,15+/m0/s1. The third kappa shape index (κ3) is 2.59. The van der Waals surface area contributed by atoms with Crippen LogP contribution in [0.5, 0.6) is 0 Å². The highest BCUT2D eigenvalue weighted by molar-refractivity contribution is 7.89. The summed E-state index contributed by atoms with van der Waals surface area (Å²) in [6.07, 6.45) is 3.99. The average molecular weight is 349 g/mol. The SMILES string of the molecule is CN1C[C@@H]2CC[C@H](C(=O)NCC3CC3)N2c2ccccc2S1(=O)=O. The molecule has 1 N–H and O–H groups in total. The molecule has 1 aliphatic carbocycles. The molecule has 2 fully saturated rings. The fraction of sp³-hybridized carbons (Fsp3) is 0.588. The molecule has 7 heteroatoms. The first kappa shape index (κ1) is 15.9. The number of para-hydroxylation sites is 1. The second kappa shape index (κ2) is 5.74. The Kier molecular flexibility index (Phi) is 3.80. The van der Waals surface area contributed by atoms with E-state index in [0.29, 0.717) is 23.0 Å². The zero-order valence-corrected chi connectivity index (χ0v) is 14.6. The number of nitrogens with one attached hydrogen (secondary N) is 1. The first-order chi connectivity index (χ1) is 11.5. The Morgan fingerprint density at radius 2 is 1.96 bits per heavy atom. The van der Waals surface area contributed by atoms with Crippen molar-refractivity contribution in [3.8, 4) is 0 Å². The molecule has 6 nitrogen and oxygen atoms in total. The number of anilines is 1. The molecule has 0 radical (unpaired) electrons. The minimum absolute atomic E-state index is 0.0288. The molecule has 130 valence electrons. The molecule has 1 saturated carbocycles. The fourth-order valence-electron chi connectivity index (χ4n) is 3.82. The van der Waals surface area contributed by atoms with Crippen molar-refractivity contribution in [3.05, 3.63) is 24.3 Å². The highest BCUT2D eigenvalue weighted by Gasteiger charge is 2.44. The number of likely N-dealkylation sites (N-methyl/N-ethyl adjacent to an activating group) is 1. The molecule has 4 rings (SSSR count). The smallest absolute Gasteiger partial charge is 0.244 e. The van der Waals surface area contributed by atoms with E-state index in [2.05, 4.69) is 5.32 Å². The molecule has 2 atom stereocenters. The van der Waals surface area contributed by atoms with Crippen molar-refractivity contribution < 1.29 is 13.2 Å². The molecule has 1 saturated heterocycles. The zero-order chi connectivity index (χ0) is 16.9. The highest BCUT2D eigenvalue weighted by Crippen LogP contribution is 2.39. The molecule has 0 spiro atoms. The van der Waals surface area contributed by atoms with Gasteiger partial charge in [-0.1, -0.05) is 12.1 Å². The van der Waals surface area contributed by atoms with Crippen LogP contribution in [0.1, 0.15) is 25.7 Å². The summed E-state index contributed by atoms with van der Waals surface area (Å²) in [5, 5.41) is 3.06. The number of carbonyl (C=O) groups excluding carboxylic acids is 1. The minimum atomic E-state index is -3.50. The van der Waals surface area contributed by atoms with Gasteiger partial charge in [0.2, 0.25) is 15.9 Å². The fourth-order valence-corrected chi connectivity index (χ4v) is 5.21. The van der Waals surface area contributed by atoms with Crippen LogP contribution in [0.15, 0.2) is 29.2 Å². The van der Waals surface area contributed by atoms with Crippen LogP contribution < -0.4 is 10.2 Å². The summed E-state index contributed by atoms with van der Waals surface area (Å²) in [5.41, 5.74) is 0.663. The summed E-state index contributed by atoms with van der Waals surface area (Å²) < 4.78 is 26.9. The lowest BCUT2D eigenvalue weighted by atomic mass is 10.2. The monoisotopic (exact) mass is 349 g/mol. The van der Waals surface area contributed by atoms with Crippen LogP contribution >= 0.6 is 0 Å². The molecule has 2 heterocycles. The van der Waals surface area contributed by atoms with E-state index < -0.39 is 10.0 Å². The molecule has 24 heavy (non-hydrogen) atoms. The van der Waals surface area contributed by atoms with Crippen molar-refractivity contribution in [3.63, 3.8) is 0 Å². The van der Waals surface area contributed by atoms with E-state index in [1.807, 2.05) is 17.0 Å². The Bertz CT molecular complexity index is 760. The lowest BCUT2D eigenvalue weighted by molar-refractivity contribution is -0.122. The van der Waals surface area contributed by atoms with Gasteiger partial charge >= 0.3 is 0 Å². The number of fused-ring (bicyclic) bond motifs is 3. The van der Waals surface area contributed by atoms with Gasteiger partial charge in [-0.25, -0.2) is 8.42 Å². The second-order valence-corrected chi connectivity index (χ2v) is 9.11. The Morgan fingerprint density at radius 1 is 1.21 bits per heavy atom. The number of hydrogen-bond acceptors (Lipinski definition) is 4. The normalized spacial score (nSPS) is 28.8. The molecular formula is C17H23N3O3S. The molecule has 3 aliphatic rings. The second-order valence-electron chi connectivity index (χ2n) is 7.10. The van der Waals surface area contributed by atoms with Gasteiger partial charge in [-0.05, 0) is 43.7 Å². The molecule has 1 aromatic rings. The van der Waals surface area contributed by atoms with E-state index in [1.165, 1.54) is 17.1 Å². The Balaban J connectivity index is 1.69. The number of rotatable bonds is 3. The maximum Gasteiger partial charge on any atom is 0.244 e. The van der Waals surface area contributed by atoms with Gasteiger partial charge in [-0.3, -0.25) is 4.79 Å². The summed E-state index contributed by atoms with van der Waals surface area (Å²) in [6, 6.07) is 6.81. The number of carbonyl (C=O) groups is 1. The maximum atomic E-state index is 12.8. The van der Waals surface area contributed by atoms with Crippen molar-refractivity contribution in [1.82, 2.24) is 9.62 Å². The summed E-state index contributed by atoms with van der Waals surface area (Å²) >= 11 is 0. The third-order valence-corrected chi connectivity index (χ3v) is 7.24. The largest absolute Gasteiger partial charge is 0.354 e. The van der Waals surface area contributed by atoms with E-state index in [-0.39, 0.29) is 18.0 Å². The third-order valence-electron chi connectivity index (χ3n) is 5.37. The number of hydrogen-bond donors (Lipinski definition) is 1. The first-order valence-electron chi connectivity index (χ1n) is 8.60. The summed E-state index contributed by atoms with van der Waals surface area (Å²) in [7, 11) is -1.88. The lowest BCUT2D eigenvalue weighted by Gasteiger charge is -2.31. The predicted molar refractivity (Wildman–Crippen MR) is 91.3 cm³/mol. The van der Waals surface area contributed by atoms with Gasteiger partial charge in [0.1, 0.15) is 10.9 Å². The Labute approximate surface area is 142 Å². The first-order valence-corrected chi connectivity index (χ1v) is 10.0. The number of nitrogens with zero attached hydrogens (tertiary/aromatic N) is 2. The highest BCUT2D eigenvalue weighted by atomic mass is 32.2. The number of amides is 1. The molecule has 0 aromatic heterocycles. The molecule has 2 aliphatic heterocycles. The van der Waals surface area contributed by atoms with Gasteiger partial charge < -0.3 is 10.2 Å². The molecular weight excluding hydrogens is 326 g/mol. The molecule has 1 aromatic carbocycles. The maximum absolute atomic E-state index is 12.8. The summed E-state index contributed by atoms with van der Waals surface area (Å²) in [4.78, 5) is 15.0. The van der Waals surface area contributed by atoms with Crippen LogP contribution in [0.25, 0.3) is 0 Å². The number of benzene rings is 1. The van der Waals surface area contributed by atoms with Crippen molar-refractivity contribution in [2.45, 2.75) is 42.7 Å². The van der Waals surface area contributed by atoms with Crippen molar-refractivity contribution >= 4 is 21.6 Å². The van der Waals surface area contributed by atoms with Gasteiger partial charge in [0.15, 0.2) is 0 Å². The Morgan fingerprint density at radius 3 is 2.71 bits per heavy atom. The van der Waals surface area contributed by atoms with E-state index >= 15 is 0 Å². The van der Waals surface area contributed by atoms with Gasteiger partial charge in [-0.2, -0.15) is 4.31 Å². The topological polar surface area (TPSA) is 69.7 Å². The predicted octanol–water partition coefficient (Wildman–Crippen LogP) is 1.18. The van der Waals surface area contributed by atoms with E-state index in [1.54, 1.807) is 19.2 Å². The van der Waals surface area contributed by atoms with Crippen molar-refractivity contribution in [2.24, 2.45) is 5.92 Å². The summed E-state index contributed by atoms with van der Waals surface area (Å²) in [5.74, 6) is 0.662. The van der Waals surface area contributed by atoms with Gasteiger partial charge in [0.05, 0.1) is 5.69 Å². The van der Waals surface area contributed by atoms with Crippen LogP contribution in [0, 0.1) is 5.92 Å². The molecule has 0 bridgehead atoms. The van der Waals surface area contributed by atoms with E-state index in [4.69, 9.17) is 0 Å². The van der Waals surface area contributed by atoms with Crippen molar-refractivity contribution in [1.29, 1.82) is 0 Å². The van der Waals surface area contributed by atoms with E-state index in [9.17, 15) is 13.2 Å². The minimum Gasteiger partial charge on any atom is -0.354 e. The number of sulfonamides is 1. The summed E-state index contributed by atoms with van der Waals surface area (Å²) in [6.45, 7) is 1.16. The van der Waals surface area contributed by atoms with Gasteiger partial charge in [0, 0.05) is 26.2 Å².